The Kier molecular flexibility index (Phi) is 1.75. The summed E-state index contributed by atoms with van der Waals surface area (Å²) in [5.41, 5.74) is 0.450. The molecular formula is C8H10BrFN2. The molecule has 1 aromatic heterocycles. The minimum atomic E-state index is -1.21. The monoisotopic (exact) mass is 232 g/mol. The van der Waals surface area contributed by atoms with Gasteiger partial charge in [0.2, 0.25) is 0 Å². The molecule has 4 heteroatoms. The number of alkyl halides is 1. The van der Waals surface area contributed by atoms with Gasteiger partial charge in [0.1, 0.15) is 10.3 Å². The predicted molar refractivity (Wildman–Crippen MR) is 47.7 cm³/mol. The van der Waals surface area contributed by atoms with Crippen LogP contribution in [0, 0.1) is 0 Å². The quantitative estimate of drug-likeness (QED) is 0.733. The Morgan fingerprint density at radius 1 is 1.67 bits per heavy atom. The van der Waals surface area contributed by atoms with Gasteiger partial charge in [-0.15, -0.1) is 0 Å². The molecule has 0 fully saturated rings. The van der Waals surface area contributed by atoms with Gasteiger partial charge in [-0.25, -0.2) is 4.39 Å². The molecule has 0 aliphatic heterocycles. The van der Waals surface area contributed by atoms with Gasteiger partial charge in [0.05, 0.1) is 0 Å². The van der Waals surface area contributed by atoms with Gasteiger partial charge in [-0.05, 0) is 42.1 Å². The summed E-state index contributed by atoms with van der Waals surface area (Å²) in [6, 6.07) is 0. The SMILES string of the molecule is CC1(F)CCCc2[nH]nc(Br)c21. The number of H-pyrrole nitrogens is 1. The van der Waals surface area contributed by atoms with Crippen LogP contribution in [0.4, 0.5) is 4.39 Å². The third-order valence-corrected chi connectivity index (χ3v) is 2.97. The second kappa shape index (κ2) is 2.55. The third-order valence-electron chi connectivity index (χ3n) is 2.39. The van der Waals surface area contributed by atoms with Gasteiger partial charge in [0.15, 0.2) is 0 Å². The number of aromatic nitrogens is 2. The molecule has 0 saturated heterocycles. The Morgan fingerprint density at radius 3 is 3.08 bits per heavy atom. The van der Waals surface area contributed by atoms with E-state index in [-0.39, 0.29) is 0 Å². The summed E-state index contributed by atoms with van der Waals surface area (Å²) in [5.74, 6) is 0. The fraction of sp³-hybridized carbons (Fsp3) is 0.625. The second-order valence-corrected chi connectivity index (χ2v) is 4.17. The lowest BCUT2D eigenvalue weighted by Crippen LogP contribution is -2.21. The maximum atomic E-state index is 13.9. The standard InChI is InChI=1S/C8H10BrFN2/c1-8(10)4-2-3-5-6(8)7(9)12-11-5/h2-4H2,1H3,(H,11,12). The summed E-state index contributed by atoms with van der Waals surface area (Å²) in [6.07, 6.45) is 2.40. The Hall–Kier alpha value is -0.380. The van der Waals surface area contributed by atoms with Crippen molar-refractivity contribution in [2.75, 3.05) is 0 Å². The van der Waals surface area contributed by atoms with Crippen molar-refractivity contribution in [3.63, 3.8) is 0 Å². The fourth-order valence-electron chi connectivity index (χ4n) is 1.79. The number of nitrogens with zero attached hydrogens (tertiary/aromatic N) is 1. The van der Waals surface area contributed by atoms with E-state index < -0.39 is 5.67 Å². The summed E-state index contributed by atoms with van der Waals surface area (Å²) in [4.78, 5) is 0. The molecule has 1 aromatic rings. The number of halogens is 2. The van der Waals surface area contributed by atoms with E-state index in [0.717, 1.165) is 18.5 Å². The lowest BCUT2D eigenvalue weighted by Gasteiger charge is -2.25. The highest BCUT2D eigenvalue weighted by molar-refractivity contribution is 9.10. The molecule has 1 atom stereocenters. The number of hydrogen-bond donors (Lipinski definition) is 1. The topological polar surface area (TPSA) is 28.7 Å². The second-order valence-electron chi connectivity index (χ2n) is 3.42. The van der Waals surface area contributed by atoms with Gasteiger partial charge in [0.25, 0.3) is 0 Å². The van der Waals surface area contributed by atoms with Crippen LogP contribution in [0.25, 0.3) is 0 Å². The van der Waals surface area contributed by atoms with Crippen LogP contribution in [-0.4, -0.2) is 10.2 Å². The smallest absolute Gasteiger partial charge is 0.137 e. The lowest BCUT2D eigenvalue weighted by atomic mass is 9.86. The number of fused-ring (bicyclic) bond motifs is 1. The van der Waals surface area contributed by atoms with Crippen LogP contribution in [0.2, 0.25) is 0 Å². The Bertz CT molecular complexity index is 306. The normalized spacial score (nSPS) is 28.6. The Labute approximate surface area is 78.7 Å². The first-order valence-corrected chi connectivity index (χ1v) is 4.83. The summed E-state index contributed by atoms with van der Waals surface area (Å²) in [6.45, 7) is 1.62. The van der Waals surface area contributed by atoms with E-state index in [4.69, 9.17) is 0 Å². The van der Waals surface area contributed by atoms with Crippen molar-refractivity contribution in [2.24, 2.45) is 0 Å². The highest BCUT2D eigenvalue weighted by atomic mass is 79.9. The summed E-state index contributed by atoms with van der Waals surface area (Å²) >= 11 is 3.25. The highest BCUT2D eigenvalue weighted by Crippen LogP contribution is 2.40. The average Bonchev–Trinajstić information content (AvgIpc) is 2.32. The molecule has 0 bridgehead atoms. The van der Waals surface area contributed by atoms with E-state index in [1.54, 1.807) is 6.92 Å². The van der Waals surface area contributed by atoms with Crippen molar-refractivity contribution >= 4 is 15.9 Å². The Balaban J connectivity index is 2.56. The van der Waals surface area contributed by atoms with Crippen molar-refractivity contribution < 1.29 is 4.39 Å². The molecule has 1 N–H and O–H groups in total. The maximum absolute atomic E-state index is 13.9. The fourth-order valence-corrected chi connectivity index (χ4v) is 2.53. The molecule has 0 radical (unpaired) electrons. The molecule has 1 aliphatic rings. The van der Waals surface area contributed by atoms with Crippen molar-refractivity contribution in [3.8, 4) is 0 Å². The molecule has 1 aliphatic carbocycles. The van der Waals surface area contributed by atoms with Crippen LogP contribution in [0.15, 0.2) is 4.60 Å². The predicted octanol–water partition coefficient (Wildman–Crippen LogP) is 2.69. The molecule has 2 nitrogen and oxygen atoms in total. The van der Waals surface area contributed by atoms with Crippen LogP contribution in [0.5, 0.6) is 0 Å². The zero-order valence-electron chi connectivity index (χ0n) is 6.82. The first-order valence-electron chi connectivity index (χ1n) is 4.03. The molecule has 66 valence electrons. The molecule has 0 spiro atoms. The summed E-state index contributed by atoms with van der Waals surface area (Å²) in [5, 5.41) is 6.79. The molecule has 0 saturated carbocycles. The van der Waals surface area contributed by atoms with E-state index in [2.05, 4.69) is 26.1 Å². The largest absolute Gasteiger partial charge is 0.281 e. The molecule has 2 rings (SSSR count). The zero-order chi connectivity index (χ0) is 8.77. The van der Waals surface area contributed by atoms with E-state index in [1.807, 2.05) is 0 Å². The van der Waals surface area contributed by atoms with Crippen molar-refractivity contribution in [2.45, 2.75) is 31.9 Å². The molecule has 1 heterocycles. The van der Waals surface area contributed by atoms with E-state index >= 15 is 0 Å². The minimum Gasteiger partial charge on any atom is -0.281 e. The number of aryl methyl sites for hydroxylation is 1. The Morgan fingerprint density at radius 2 is 2.42 bits per heavy atom. The van der Waals surface area contributed by atoms with E-state index in [9.17, 15) is 4.39 Å². The van der Waals surface area contributed by atoms with Crippen LogP contribution in [0.3, 0.4) is 0 Å². The maximum Gasteiger partial charge on any atom is 0.137 e. The molecular weight excluding hydrogens is 223 g/mol. The summed E-state index contributed by atoms with van der Waals surface area (Å²) in [7, 11) is 0. The van der Waals surface area contributed by atoms with Gasteiger partial charge >= 0.3 is 0 Å². The minimum absolute atomic E-state index is 0.595. The van der Waals surface area contributed by atoms with Crippen LogP contribution >= 0.6 is 15.9 Å². The van der Waals surface area contributed by atoms with Gasteiger partial charge < -0.3 is 0 Å². The summed E-state index contributed by atoms with van der Waals surface area (Å²) < 4.78 is 14.5. The van der Waals surface area contributed by atoms with E-state index in [0.29, 0.717) is 16.6 Å². The lowest BCUT2D eigenvalue weighted by molar-refractivity contribution is 0.161. The van der Waals surface area contributed by atoms with Crippen LogP contribution < -0.4 is 0 Å². The van der Waals surface area contributed by atoms with Gasteiger partial charge in [0, 0.05) is 11.3 Å². The first kappa shape index (κ1) is 8.23. The molecule has 1 unspecified atom stereocenters. The van der Waals surface area contributed by atoms with Gasteiger partial charge in [-0.2, -0.15) is 5.10 Å². The number of rotatable bonds is 0. The van der Waals surface area contributed by atoms with Crippen LogP contribution in [-0.2, 0) is 12.1 Å². The number of hydrogen-bond acceptors (Lipinski definition) is 1. The number of nitrogens with one attached hydrogen (secondary N) is 1. The van der Waals surface area contributed by atoms with Crippen molar-refractivity contribution in [1.29, 1.82) is 0 Å². The third kappa shape index (κ3) is 1.09. The first-order chi connectivity index (χ1) is 5.61. The van der Waals surface area contributed by atoms with Gasteiger partial charge in [-0.3, -0.25) is 5.10 Å². The van der Waals surface area contributed by atoms with Crippen LogP contribution in [0.1, 0.15) is 31.0 Å². The number of aromatic amines is 1. The zero-order valence-corrected chi connectivity index (χ0v) is 8.41. The highest BCUT2D eigenvalue weighted by Gasteiger charge is 2.35. The average molecular weight is 233 g/mol. The molecule has 12 heavy (non-hydrogen) atoms. The molecule has 0 amide bonds. The van der Waals surface area contributed by atoms with E-state index in [1.165, 1.54) is 0 Å². The van der Waals surface area contributed by atoms with Crippen molar-refractivity contribution in [1.82, 2.24) is 10.2 Å². The van der Waals surface area contributed by atoms with Crippen molar-refractivity contribution in [3.05, 3.63) is 15.9 Å². The molecule has 0 aromatic carbocycles. The van der Waals surface area contributed by atoms with Gasteiger partial charge in [-0.1, -0.05) is 0 Å².